The van der Waals surface area contributed by atoms with Crippen LogP contribution in [0.2, 0.25) is 0 Å². The number of carbonyl (C=O) groups excluding carboxylic acids is 1. The molecule has 0 aromatic heterocycles. The van der Waals surface area contributed by atoms with Crippen LogP contribution >= 0.6 is 0 Å². The Balaban J connectivity index is 1.40. The quantitative estimate of drug-likeness (QED) is 0.158. The maximum absolute atomic E-state index is 12.3. The molecule has 0 unspecified atom stereocenters. The maximum Gasteiger partial charge on any atom is 0.229 e. The zero-order valence-electron chi connectivity index (χ0n) is 21.9. The zero-order valence-corrected chi connectivity index (χ0v) is 22.7. The van der Waals surface area contributed by atoms with Crippen LogP contribution in [-0.4, -0.2) is 49.9 Å². The molecule has 5 N–H and O–H groups in total. The predicted octanol–water partition coefficient (Wildman–Crippen LogP) is 3.31. The minimum absolute atomic E-state index is 0.0129. The molecule has 0 aliphatic carbocycles. The van der Waals surface area contributed by atoms with E-state index in [9.17, 15) is 23.4 Å². The number of phenols is 1. The van der Waals surface area contributed by atoms with Crippen molar-refractivity contribution < 1.29 is 23.4 Å². The van der Waals surface area contributed by atoms with Gasteiger partial charge in [0.25, 0.3) is 0 Å². The van der Waals surface area contributed by atoms with Gasteiger partial charge in [-0.3, -0.25) is 9.52 Å². The van der Waals surface area contributed by atoms with Crippen LogP contribution in [0.25, 0.3) is 0 Å². The van der Waals surface area contributed by atoms with Crippen LogP contribution in [-0.2, 0) is 34.1 Å². The van der Waals surface area contributed by atoms with E-state index in [1.165, 1.54) is 17.7 Å². The lowest BCUT2D eigenvalue weighted by atomic mass is 10.0. The Morgan fingerprint density at radius 2 is 1.63 bits per heavy atom. The number of hydrogen-bond donors (Lipinski definition) is 5. The van der Waals surface area contributed by atoms with Crippen LogP contribution in [0, 0.1) is 0 Å². The van der Waals surface area contributed by atoms with Gasteiger partial charge >= 0.3 is 0 Å². The Hall–Kier alpha value is -3.40. The van der Waals surface area contributed by atoms with Crippen LogP contribution < -0.4 is 15.4 Å². The molecule has 0 aliphatic rings. The molecule has 9 heteroatoms. The summed E-state index contributed by atoms with van der Waals surface area (Å²) in [5.74, 6) is -0.198. The minimum Gasteiger partial charge on any atom is -0.506 e. The molecule has 1 amide bonds. The van der Waals surface area contributed by atoms with Crippen molar-refractivity contribution in [1.82, 2.24) is 10.6 Å². The molecule has 0 saturated carbocycles. The normalized spacial score (nSPS) is 13.0. The van der Waals surface area contributed by atoms with Crippen LogP contribution in [0.1, 0.15) is 41.7 Å². The van der Waals surface area contributed by atoms with Crippen LogP contribution in [0.3, 0.4) is 0 Å². The number of anilines is 1. The van der Waals surface area contributed by atoms with Crippen molar-refractivity contribution in [1.29, 1.82) is 0 Å². The van der Waals surface area contributed by atoms with E-state index in [0.717, 1.165) is 36.6 Å². The van der Waals surface area contributed by atoms with Crippen molar-refractivity contribution in [2.75, 3.05) is 24.1 Å². The Morgan fingerprint density at radius 3 is 2.32 bits per heavy atom. The number of amides is 1. The van der Waals surface area contributed by atoms with Gasteiger partial charge in [0.05, 0.1) is 24.5 Å². The molecule has 0 spiro atoms. The molecule has 0 radical (unpaired) electrons. The molecular weight excluding hydrogens is 502 g/mol. The summed E-state index contributed by atoms with van der Waals surface area (Å²) in [4.78, 5) is 12.3. The van der Waals surface area contributed by atoms with Crippen molar-refractivity contribution in [3.8, 4) is 5.75 Å². The van der Waals surface area contributed by atoms with E-state index in [2.05, 4.69) is 27.5 Å². The van der Waals surface area contributed by atoms with Crippen molar-refractivity contribution in [2.24, 2.45) is 0 Å². The summed E-state index contributed by atoms with van der Waals surface area (Å²) < 4.78 is 25.2. The number of rotatable bonds is 14. The number of aliphatic hydroxyl groups is 1. The number of sulfonamides is 1. The third kappa shape index (κ3) is 10.2. The molecule has 0 bridgehead atoms. The molecule has 38 heavy (non-hydrogen) atoms. The minimum atomic E-state index is -3.56. The first kappa shape index (κ1) is 29.2. The lowest BCUT2D eigenvalue weighted by molar-refractivity contribution is -0.120. The van der Waals surface area contributed by atoms with Gasteiger partial charge in [0, 0.05) is 19.1 Å². The average molecular weight is 540 g/mol. The third-order valence-corrected chi connectivity index (χ3v) is 6.69. The molecule has 0 saturated heterocycles. The number of aliphatic hydroxyl groups excluding tert-OH is 1. The number of nitrogens with one attached hydrogen (secondary N) is 3. The van der Waals surface area contributed by atoms with Crippen molar-refractivity contribution in [2.45, 2.75) is 44.8 Å². The maximum atomic E-state index is 12.3. The fourth-order valence-corrected chi connectivity index (χ4v) is 4.67. The van der Waals surface area contributed by atoms with Crippen LogP contribution in [0.15, 0.2) is 72.8 Å². The summed E-state index contributed by atoms with van der Waals surface area (Å²) in [6.07, 6.45) is 3.03. The fourth-order valence-electron chi connectivity index (χ4n) is 4.10. The van der Waals surface area contributed by atoms with Gasteiger partial charge in [-0.25, -0.2) is 8.42 Å². The highest BCUT2D eigenvalue weighted by atomic mass is 32.2. The summed E-state index contributed by atoms with van der Waals surface area (Å²) in [7, 11) is -3.56. The Kier molecular flexibility index (Phi) is 10.7. The number of phenolic OH excluding ortho intramolecular Hbond substituents is 1. The van der Waals surface area contributed by atoms with Gasteiger partial charge in [-0.05, 0) is 60.6 Å². The van der Waals surface area contributed by atoms with Gasteiger partial charge in [-0.1, -0.05) is 60.7 Å². The van der Waals surface area contributed by atoms with Crippen molar-refractivity contribution in [3.63, 3.8) is 0 Å². The molecule has 204 valence electrons. The lowest BCUT2D eigenvalue weighted by Gasteiger charge is -2.18. The zero-order chi connectivity index (χ0) is 27.5. The third-order valence-electron chi connectivity index (χ3n) is 6.10. The lowest BCUT2D eigenvalue weighted by Crippen LogP contribution is -2.32. The second-order valence-electron chi connectivity index (χ2n) is 9.61. The fraction of sp³-hybridized carbons (Fsp3) is 0.345. The van der Waals surface area contributed by atoms with Gasteiger partial charge in [0.1, 0.15) is 5.75 Å². The summed E-state index contributed by atoms with van der Waals surface area (Å²) in [6.45, 7) is 2.92. The summed E-state index contributed by atoms with van der Waals surface area (Å²) in [5.41, 5.74) is 3.84. The number of carbonyl (C=O) groups is 1. The number of aromatic hydroxyl groups is 1. The molecule has 0 heterocycles. The van der Waals surface area contributed by atoms with E-state index in [0.29, 0.717) is 18.5 Å². The number of aryl methyl sites for hydroxylation is 1. The van der Waals surface area contributed by atoms with E-state index in [-0.39, 0.29) is 29.9 Å². The Labute approximate surface area is 225 Å². The first-order valence-electron chi connectivity index (χ1n) is 12.7. The second-order valence-corrected chi connectivity index (χ2v) is 11.4. The van der Waals surface area contributed by atoms with Gasteiger partial charge in [-0.2, -0.15) is 0 Å². The first-order chi connectivity index (χ1) is 18.1. The molecule has 8 nitrogen and oxygen atoms in total. The highest BCUT2D eigenvalue weighted by Crippen LogP contribution is 2.27. The topological polar surface area (TPSA) is 128 Å². The molecule has 3 aromatic rings. The summed E-state index contributed by atoms with van der Waals surface area (Å²) in [6, 6.07) is 22.6. The summed E-state index contributed by atoms with van der Waals surface area (Å²) >= 11 is 0. The van der Waals surface area contributed by atoms with Crippen molar-refractivity contribution >= 4 is 21.6 Å². The van der Waals surface area contributed by atoms with Crippen LogP contribution in [0.5, 0.6) is 5.75 Å². The molecule has 2 atom stereocenters. The Bertz CT molecular complexity index is 1280. The largest absolute Gasteiger partial charge is 0.506 e. The summed E-state index contributed by atoms with van der Waals surface area (Å²) in [5, 5.41) is 26.7. The molecule has 3 rings (SSSR count). The highest BCUT2D eigenvalue weighted by Gasteiger charge is 2.14. The molecular formula is C29H37N3O5S. The van der Waals surface area contributed by atoms with Crippen molar-refractivity contribution in [3.05, 3.63) is 95.1 Å². The first-order valence-corrected chi connectivity index (χ1v) is 14.6. The smallest absolute Gasteiger partial charge is 0.229 e. The van der Waals surface area contributed by atoms with E-state index in [1.807, 2.05) is 49.4 Å². The van der Waals surface area contributed by atoms with Gasteiger partial charge in [-0.15, -0.1) is 0 Å². The monoisotopic (exact) mass is 539 g/mol. The van der Waals surface area contributed by atoms with Gasteiger partial charge in [0.2, 0.25) is 15.9 Å². The van der Waals surface area contributed by atoms with E-state index < -0.39 is 16.1 Å². The SMILES string of the molecule is C[C@H](Cc1ccc(CC(=O)NCCCc2ccccc2)cc1)NC[C@@H](O)c1ccc(O)c(NS(C)(=O)=O)c1. The van der Waals surface area contributed by atoms with Gasteiger partial charge in [0.15, 0.2) is 0 Å². The number of benzene rings is 3. The van der Waals surface area contributed by atoms with E-state index in [4.69, 9.17) is 0 Å². The van der Waals surface area contributed by atoms with E-state index in [1.54, 1.807) is 6.07 Å². The average Bonchev–Trinajstić information content (AvgIpc) is 2.87. The van der Waals surface area contributed by atoms with Crippen LogP contribution in [0.4, 0.5) is 5.69 Å². The standard InChI is InChI=1S/C29H37N3O5S/c1-21(31-20-28(34)25-14-15-27(33)26(19-25)32-38(2,36)37)17-23-10-12-24(13-11-23)18-29(35)30-16-6-9-22-7-4-3-5-8-22/h3-5,7-8,10-15,19,21,28,31-34H,6,9,16-18,20H2,1-2H3,(H,30,35)/t21-,28-/m1/s1. The number of hydrogen-bond acceptors (Lipinski definition) is 6. The second kappa shape index (κ2) is 13.9. The molecule has 3 aromatic carbocycles. The predicted molar refractivity (Wildman–Crippen MR) is 151 cm³/mol. The molecule has 0 aliphatic heterocycles. The van der Waals surface area contributed by atoms with E-state index >= 15 is 0 Å². The Morgan fingerprint density at radius 1 is 0.947 bits per heavy atom. The van der Waals surface area contributed by atoms with Gasteiger partial charge < -0.3 is 20.8 Å². The highest BCUT2D eigenvalue weighted by molar-refractivity contribution is 7.92. The molecule has 0 fully saturated rings.